The molecule has 4 heteroatoms. The van der Waals surface area contributed by atoms with Crippen molar-refractivity contribution in [1.29, 1.82) is 0 Å². The highest BCUT2D eigenvalue weighted by molar-refractivity contribution is 5.89. The van der Waals surface area contributed by atoms with Crippen LogP contribution in [0.15, 0.2) is 24.3 Å². The summed E-state index contributed by atoms with van der Waals surface area (Å²) in [5, 5.41) is 0. The van der Waals surface area contributed by atoms with Crippen LogP contribution in [0.2, 0.25) is 0 Å². The van der Waals surface area contributed by atoms with Gasteiger partial charge in [0.15, 0.2) is 0 Å². The van der Waals surface area contributed by atoms with Gasteiger partial charge in [0, 0.05) is 6.04 Å². The smallest absolute Gasteiger partial charge is 0.338 e. The molecule has 0 aliphatic heterocycles. The average molecular weight is 337 g/mol. The molecule has 0 amide bonds. The summed E-state index contributed by atoms with van der Waals surface area (Å²) in [6.07, 6.45) is 2.17. The molecule has 0 aromatic heterocycles. The van der Waals surface area contributed by atoms with Crippen LogP contribution in [0.4, 0.5) is 0 Å². The summed E-state index contributed by atoms with van der Waals surface area (Å²) in [7, 11) is 8.28. The van der Waals surface area contributed by atoms with Crippen molar-refractivity contribution in [3.8, 4) is 0 Å². The maximum atomic E-state index is 11.8. The molecule has 4 nitrogen and oxygen atoms in total. The second-order valence-corrected chi connectivity index (χ2v) is 6.74. The minimum Gasteiger partial charge on any atom is -0.459 e. The van der Waals surface area contributed by atoms with E-state index in [1.54, 1.807) is 0 Å². The molecule has 0 aliphatic carbocycles. The van der Waals surface area contributed by atoms with Gasteiger partial charge in [0.05, 0.1) is 11.7 Å². The zero-order valence-electron chi connectivity index (χ0n) is 16.8. The van der Waals surface area contributed by atoms with Gasteiger partial charge in [-0.25, -0.2) is 4.79 Å². The highest BCUT2D eigenvalue weighted by Gasteiger charge is 2.14. The van der Waals surface area contributed by atoms with Gasteiger partial charge in [-0.1, -0.05) is 32.4 Å². The fourth-order valence-corrected chi connectivity index (χ4v) is 2.12. The number of hydrogen-bond donors (Lipinski definition) is 0. The van der Waals surface area contributed by atoms with Crippen molar-refractivity contribution in [2.24, 2.45) is 0 Å². The first-order chi connectivity index (χ1) is 11.2. The van der Waals surface area contributed by atoms with E-state index in [4.69, 9.17) is 4.74 Å². The lowest BCUT2D eigenvalue weighted by Gasteiger charge is -2.24. The Morgan fingerprint density at radius 1 is 1.04 bits per heavy atom. The van der Waals surface area contributed by atoms with Gasteiger partial charge in [-0.05, 0) is 72.7 Å². The van der Waals surface area contributed by atoms with E-state index in [9.17, 15) is 4.79 Å². The molecule has 0 fully saturated rings. The molecular weight excluding hydrogens is 300 g/mol. The van der Waals surface area contributed by atoms with Crippen LogP contribution in [-0.4, -0.2) is 56.6 Å². The maximum Gasteiger partial charge on any atom is 0.338 e. The van der Waals surface area contributed by atoms with Crippen molar-refractivity contribution in [2.45, 2.75) is 52.7 Å². The third-order valence-corrected chi connectivity index (χ3v) is 3.69. The SMILES string of the molecule is CCCC(c1ccc(C(=O)OC(C)C)cc1)N(C)C.CCN(C)C. The van der Waals surface area contributed by atoms with Crippen LogP contribution in [0, 0.1) is 0 Å². The summed E-state index contributed by atoms with van der Waals surface area (Å²) < 4.78 is 5.18. The van der Waals surface area contributed by atoms with Crippen molar-refractivity contribution in [2.75, 3.05) is 34.7 Å². The lowest BCUT2D eigenvalue weighted by atomic mass is 10.00. The summed E-state index contributed by atoms with van der Waals surface area (Å²) in [5.41, 5.74) is 1.86. The third kappa shape index (κ3) is 9.04. The second kappa shape index (κ2) is 12.0. The lowest BCUT2D eigenvalue weighted by molar-refractivity contribution is 0.0378. The fourth-order valence-electron chi connectivity index (χ4n) is 2.12. The molecule has 1 rings (SSSR count). The van der Waals surface area contributed by atoms with Crippen molar-refractivity contribution in [3.63, 3.8) is 0 Å². The number of hydrogen-bond acceptors (Lipinski definition) is 4. The highest BCUT2D eigenvalue weighted by atomic mass is 16.5. The monoisotopic (exact) mass is 336 g/mol. The van der Waals surface area contributed by atoms with E-state index in [1.165, 1.54) is 5.56 Å². The topological polar surface area (TPSA) is 32.8 Å². The number of ether oxygens (including phenoxy) is 1. The van der Waals surface area contributed by atoms with E-state index < -0.39 is 0 Å². The molecule has 138 valence electrons. The Hall–Kier alpha value is -1.39. The minimum atomic E-state index is -0.251. The number of carbonyl (C=O) groups excluding carboxylic acids is 1. The summed E-state index contributed by atoms with van der Waals surface area (Å²) >= 11 is 0. The molecule has 0 saturated heterocycles. The lowest BCUT2D eigenvalue weighted by Crippen LogP contribution is -2.20. The zero-order valence-corrected chi connectivity index (χ0v) is 16.8. The van der Waals surface area contributed by atoms with E-state index in [0.29, 0.717) is 11.6 Å². The summed E-state index contributed by atoms with van der Waals surface area (Å²) in [4.78, 5) is 16.1. The molecular formula is C20H36N2O2. The van der Waals surface area contributed by atoms with E-state index in [-0.39, 0.29) is 12.1 Å². The van der Waals surface area contributed by atoms with Crippen molar-refractivity contribution in [1.82, 2.24) is 9.80 Å². The van der Waals surface area contributed by atoms with E-state index >= 15 is 0 Å². The summed E-state index contributed by atoms with van der Waals surface area (Å²) in [6.45, 7) is 9.16. The highest BCUT2D eigenvalue weighted by Crippen LogP contribution is 2.23. The Bertz CT molecular complexity index is 453. The van der Waals surface area contributed by atoms with E-state index in [0.717, 1.165) is 19.4 Å². The molecule has 0 spiro atoms. The fraction of sp³-hybridized carbons (Fsp3) is 0.650. The van der Waals surface area contributed by atoms with Gasteiger partial charge in [-0.15, -0.1) is 0 Å². The molecule has 0 N–H and O–H groups in total. The molecule has 1 aromatic rings. The van der Waals surface area contributed by atoms with Crippen LogP contribution >= 0.6 is 0 Å². The van der Waals surface area contributed by atoms with Crippen molar-refractivity contribution < 1.29 is 9.53 Å². The Labute approximate surface area is 148 Å². The summed E-state index contributed by atoms with van der Waals surface area (Å²) in [5.74, 6) is -0.251. The molecule has 0 saturated carbocycles. The van der Waals surface area contributed by atoms with Crippen LogP contribution in [-0.2, 0) is 4.74 Å². The number of rotatable bonds is 7. The first-order valence-electron chi connectivity index (χ1n) is 8.84. The first kappa shape index (κ1) is 22.6. The molecule has 0 bridgehead atoms. The third-order valence-electron chi connectivity index (χ3n) is 3.69. The van der Waals surface area contributed by atoms with Crippen LogP contribution in [0.5, 0.6) is 0 Å². The molecule has 0 radical (unpaired) electrons. The van der Waals surface area contributed by atoms with Gasteiger partial charge < -0.3 is 14.5 Å². The minimum absolute atomic E-state index is 0.0817. The predicted octanol–water partition coefficient (Wildman–Crippen LogP) is 4.22. The van der Waals surface area contributed by atoms with Crippen LogP contribution in [0.25, 0.3) is 0 Å². The average Bonchev–Trinajstić information content (AvgIpc) is 2.52. The van der Waals surface area contributed by atoms with Crippen LogP contribution in [0.1, 0.15) is 62.5 Å². The van der Waals surface area contributed by atoms with Crippen LogP contribution in [0.3, 0.4) is 0 Å². The standard InChI is InChI=1S/C16H25NO2.C4H11N/c1-6-7-15(17(4)5)13-8-10-14(11-9-13)16(18)19-12(2)3;1-4-5(2)3/h8-12,15H,6-7H2,1-5H3;4H2,1-3H3. The molecule has 1 atom stereocenters. The van der Waals surface area contributed by atoms with Gasteiger partial charge in [0.2, 0.25) is 0 Å². The van der Waals surface area contributed by atoms with Gasteiger partial charge in [-0.2, -0.15) is 0 Å². The Kier molecular flexibility index (Phi) is 11.3. The number of nitrogens with zero attached hydrogens (tertiary/aromatic N) is 2. The maximum absolute atomic E-state index is 11.8. The van der Waals surface area contributed by atoms with Crippen LogP contribution < -0.4 is 0 Å². The molecule has 0 heterocycles. The second-order valence-electron chi connectivity index (χ2n) is 6.74. The predicted molar refractivity (Wildman–Crippen MR) is 103 cm³/mol. The van der Waals surface area contributed by atoms with E-state index in [2.05, 4.69) is 51.8 Å². The number of benzene rings is 1. The van der Waals surface area contributed by atoms with Gasteiger partial charge >= 0.3 is 5.97 Å². The van der Waals surface area contributed by atoms with Gasteiger partial charge in [0.1, 0.15) is 0 Å². The Balaban J connectivity index is 0.000000922. The van der Waals surface area contributed by atoms with E-state index in [1.807, 2.05) is 38.1 Å². The van der Waals surface area contributed by atoms with Gasteiger partial charge in [0.25, 0.3) is 0 Å². The quantitative estimate of drug-likeness (QED) is 0.698. The van der Waals surface area contributed by atoms with Crippen molar-refractivity contribution in [3.05, 3.63) is 35.4 Å². The first-order valence-corrected chi connectivity index (χ1v) is 8.84. The molecule has 1 unspecified atom stereocenters. The van der Waals surface area contributed by atoms with Gasteiger partial charge in [-0.3, -0.25) is 0 Å². The Morgan fingerprint density at radius 2 is 1.54 bits per heavy atom. The van der Waals surface area contributed by atoms with Crippen molar-refractivity contribution >= 4 is 5.97 Å². The molecule has 0 aliphatic rings. The largest absolute Gasteiger partial charge is 0.459 e. The zero-order chi connectivity index (χ0) is 18.7. The molecule has 1 aromatic carbocycles. The molecule has 24 heavy (non-hydrogen) atoms. The number of esters is 1. The normalized spacial score (nSPS) is 12.1. The summed E-state index contributed by atoms with van der Waals surface area (Å²) in [6, 6.07) is 8.16. The Morgan fingerprint density at radius 3 is 1.88 bits per heavy atom. The number of carbonyl (C=O) groups is 1.